The number of carbonyl (C=O) groups is 2. The smallest absolute Gasteiger partial charge is 0.243 e. The summed E-state index contributed by atoms with van der Waals surface area (Å²) < 4.78 is 7.81. The molecule has 2 amide bonds. The second-order valence-electron chi connectivity index (χ2n) is 21.2. The third-order valence-corrected chi connectivity index (χ3v) is 16.8. The number of piperidine rings is 2. The van der Waals surface area contributed by atoms with E-state index in [2.05, 4.69) is 40.2 Å². The predicted octanol–water partition coefficient (Wildman–Crippen LogP) is 5.88. The highest BCUT2D eigenvalue weighted by Crippen LogP contribution is 2.36. The molecule has 4 aliphatic heterocycles. The first-order chi connectivity index (χ1) is 36.7. The van der Waals surface area contributed by atoms with Crippen LogP contribution in [-0.2, 0) is 9.59 Å². The molecule has 21 heteroatoms. The molecule has 0 bridgehead atoms. The molecule has 9 N–H and O–H groups in total. The Morgan fingerprint density at radius 3 is 2.17 bits per heavy atom. The summed E-state index contributed by atoms with van der Waals surface area (Å²) in [6, 6.07) is 15.8. The molecule has 4 saturated heterocycles. The number of hydrogen-bond acceptors (Lipinski definition) is 18. The number of nitrogens with two attached hydrogens (primary N) is 3. The van der Waals surface area contributed by atoms with Gasteiger partial charge >= 0.3 is 0 Å². The van der Waals surface area contributed by atoms with E-state index in [9.17, 15) is 19.8 Å². The van der Waals surface area contributed by atoms with Crippen molar-refractivity contribution in [1.29, 1.82) is 0 Å². The second-order valence-corrected chi connectivity index (χ2v) is 22.1. The molecular formula is C55H71N15O5S. The Morgan fingerprint density at radius 1 is 0.868 bits per heavy atom. The van der Waals surface area contributed by atoms with E-state index in [4.69, 9.17) is 31.7 Å². The van der Waals surface area contributed by atoms with E-state index in [0.29, 0.717) is 34.3 Å². The predicted molar refractivity (Wildman–Crippen MR) is 296 cm³/mol. The van der Waals surface area contributed by atoms with Crippen molar-refractivity contribution in [1.82, 2.24) is 45.0 Å². The van der Waals surface area contributed by atoms with Crippen molar-refractivity contribution in [3.8, 4) is 16.2 Å². The van der Waals surface area contributed by atoms with Crippen LogP contribution in [0.4, 0.5) is 29.0 Å². The van der Waals surface area contributed by atoms with Gasteiger partial charge in [-0.3, -0.25) is 19.2 Å². The molecule has 6 aromatic rings. The lowest BCUT2D eigenvalue weighted by Gasteiger charge is -2.39. The van der Waals surface area contributed by atoms with Crippen molar-refractivity contribution in [2.75, 3.05) is 91.6 Å². The number of aromatic hydroxyl groups is 1. The Kier molecular flexibility index (Phi) is 15.5. The van der Waals surface area contributed by atoms with E-state index in [-0.39, 0.29) is 54.3 Å². The minimum atomic E-state index is -0.809. The van der Waals surface area contributed by atoms with Gasteiger partial charge < -0.3 is 56.9 Å². The van der Waals surface area contributed by atoms with Crippen LogP contribution in [0, 0.1) is 18.8 Å². The number of rotatable bonds is 15. The molecular weight excluding hydrogens is 983 g/mol. The average Bonchev–Trinajstić information content (AvgIpc) is 4.25. The molecule has 76 heavy (non-hydrogen) atoms. The molecule has 20 nitrogen and oxygen atoms in total. The number of amides is 2. The fraction of sp³-hybridized carbons (Fsp3) is 0.473. The Hall–Kier alpha value is -7.23. The molecule has 8 heterocycles. The summed E-state index contributed by atoms with van der Waals surface area (Å²) in [5, 5.41) is 33.3. The van der Waals surface area contributed by atoms with Gasteiger partial charge in [-0.25, -0.2) is 15.0 Å². The van der Waals surface area contributed by atoms with Gasteiger partial charge in [-0.2, -0.15) is 5.10 Å². The maximum Gasteiger partial charge on any atom is 0.243 e. The number of β-amino-alcohol motifs (C(OH)–C–C–N with tert-alkyl or cyclic N) is 1. The number of aliphatic hydroxyl groups is 1. The van der Waals surface area contributed by atoms with Gasteiger partial charge in [0.1, 0.15) is 35.0 Å². The number of phenolic OH excluding ortho intramolecular Hbond substituents is 1. The standard InChI is InChI=1S/C55H71N15O5S/c1-33(2)50(55(74)69-31-40(71)25-44(69)54(73)62-34(3)37-9-11-38(12-10-37)52-35(4)61-32-76-52)46-27-47(64-75-46)66-17-13-36(14-18-66)30-65-21-23-68(24-22-65)49-29-59-48(28-60-49)67-19-15-39(16-20-67)70-43(51(57)53(58)63-70)26-42(56)41-7-5-6-8-45(41)72/h5-12,26-29,32-34,36,39-40,44,50,71-72H,13-25,30-31,56-57H2,1-4H3,(H2,58,63)(H,62,73)/b42-26-/t34-,40+,44-,50?/m0/s1. The van der Waals surface area contributed by atoms with Crippen LogP contribution < -0.4 is 37.2 Å². The van der Waals surface area contributed by atoms with E-state index in [1.54, 1.807) is 35.6 Å². The Balaban J connectivity index is 0.671. The molecule has 4 fully saturated rings. The molecule has 4 aliphatic rings. The molecule has 0 radical (unpaired) electrons. The summed E-state index contributed by atoms with van der Waals surface area (Å²) in [5.74, 6) is 2.47. The van der Waals surface area contributed by atoms with Crippen LogP contribution in [0.25, 0.3) is 22.2 Å². The van der Waals surface area contributed by atoms with Gasteiger partial charge in [-0.1, -0.05) is 55.4 Å². The Morgan fingerprint density at radius 2 is 1.53 bits per heavy atom. The number of carbonyl (C=O) groups excluding carboxylic acids is 2. The summed E-state index contributed by atoms with van der Waals surface area (Å²) in [6.07, 6.45) is 8.50. The number of phenols is 1. The fourth-order valence-electron chi connectivity index (χ4n) is 11.4. The number of benzene rings is 2. The summed E-state index contributed by atoms with van der Waals surface area (Å²) in [4.78, 5) is 54.3. The van der Waals surface area contributed by atoms with E-state index in [1.165, 1.54) is 4.90 Å². The molecule has 4 aromatic heterocycles. The highest BCUT2D eigenvalue weighted by atomic mass is 32.1. The van der Waals surface area contributed by atoms with Crippen LogP contribution >= 0.6 is 11.3 Å². The highest BCUT2D eigenvalue weighted by molar-refractivity contribution is 7.13. The molecule has 4 atom stereocenters. The van der Waals surface area contributed by atoms with Crippen molar-refractivity contribution < 1.29 is 24.3 Å². The molecule has 0 saturated carbocycles. The minimum Gasteiger partial charge on any atom is -0.507 e. The van der Waals surface area contributed by atoms with Gasteiger partial charge in [0.2, 0.25) is 11.8 Å². The van der Waals surface area contributed by atoms with Crippen LogP contribution in [-0.4, -0.2) is 139 Å². The number of piperazine rings is 1. The van der Waals surface area contributed by atoms with E-state index in [0.717, 1.165) is 124 Å². The zero-order chi connectivity index (χ0) is 53.2. The molecule has 1 unspecified atom stereocenters. The quantitative estimate of drug-likeness (QED) is 0.0701. The third kappa shape index (κ3) is 11.2. The number of nitrogen functional groups attached to an aromatic ring is 2. The number of aryl methyl sites for hydroxylation is 1. The maximum atomic E-state index is 14.4. The zero-order valence-electron chi connectivity index (χ0n) is 43.8. The van der Waals surface area contributed by atoms with Gasteiger partial charge in [0.25, 0.3) is 0 Å². The zero-order valence-corrected chi connectivity index (χ0v) is 44.6. The van der Waals surface area contributed by atoms with Crippen LogP contribution in [0.3, 0.4) is 0 Å². The van der Waals surface area contributed by atoms with Crippen molar-refractivity contribution in [3.63, 3.8) is 0 Å². The Bertz CT molecular complexity index is 2990. The number of nitrogens with one attached hydrogen (secondary N) is 1. The summed E-state index contributed by atoms with van der Waals surface area (Å²) >= 11 is 1.60. The molecule has 0 aliphatic carbocycles. The lowest BCUT2D eigenvalue weighted by atomic mass is 9.91. The number of para-hydroxylation sites is 1. The first-order valence-corrected chi connectivity index (χ1v) is 27.5. The normalized spacial score (nSPS) is 20.2. The monoisotopic (exact) mass is 1050 g/mol. The fourth-order valence-corrected chi connectivity index (χ4v) is 12.2. The topological polar surface area (TPSA) is 263 Å². The summed E-state index contributed by atoms with van der Waals surface area (Å²) in [6.45, 7) is 15.8. The molecule has 0 spiro atoms. The summed E-state index contributed by atoms with van der Waals surface area (Å²) in [7, 11) is 0. The SMILES string of the molecule is Cc1ncsc1-c1ccc([C@H](C)NC(=O)[C@@H]2C[C@@H](O)CN2C(=O)C(c2cc(N3CCC(CN4CCN(c5cnc(N6CCC(n7nc(N)c(N)c7/C=C(\N)c7ccccc7O)CC6)cn5)CC4)CC3)no2)C(C)C)cc1. The number of aromatic nitrogens is 6. The van der Waals surface area contributed by atoms with Gasteiger partial charge in [0, 0.05) is 89.2 Å². The van der Waals surface area contributed by atoms with Crippen LogP contribution in [0.5, 0.6) is 5.75 Å². The van der Waals surface area contributed by atoms with Crippen LogP contribution in [0.2, 0.25) is 0 Å². The molecule has 10 rings (SSSR count). The first-order valence-electron chi connectivity index (χ1n) is 26.6. The lowest BCUT2D eigenvalue weighted by molar-refractivity contribution is -0.141. The minimum absolute atomic E-state index is 0.0553. The van der Waals surface area contributed by atoms with Crippen molar-refractivity contribution in [2.45, 2.75) is 89.9 Å². The Labute approximate surface area is 447 Å². The van der Waals surface area contributed by atoms with Gasteiger partial charge in [-0.15, -0.1) is 11.3 Å². The molecule has 2 aromatic carbocycles. The number of anilines is 5. The number of thiazole rings is 1. The van der Waals surface area contributed by atoms with E-state index in [1.807, 2.05) is 86.7 Å². The second kappa shape index (κ2) is 22.5. The number of aliphatic hydroxyl groups excluding tert-OH is 1. The van der Waals surface area contributed by atoms with Gasteiger partial charge in [0.05, 0.1) is 52.4 Å². The largest absolute Gasteiger partial charge is 0.507 e. The van der Waals surface area contributed by atoms with Gasteiger partial charge in [-0.05, 0) is 80.7 Å². The number of nitrogens with zero attached hydrogens (tertiary/aromatic N) is 11. The van der Waals surface area contributed by atoms with Crippen LogP contribution in [0.15, 0.2) is 77.0 Å². The van der Waals surface area contributed by atoms with Crippen molar-refractivity contribution >= 4 is 63.9 Å². The summed E-state index contributed by atoms with van der Waals surface area (Å²) in [5.41, 5.74) is 25.7. The lowest BCUT2D eigenvalue weighted by Crippen LogP contribution is -2.49. The van der Waals surface area contributed by atoms with Crippen molar-refractivity contribution in [2.24, 2.45) is 17.6 Å². The average molecular weight is 1050 g/mol. The van der Waals surface area contributed by atoms with Crippen LogP contribution in [0.1, 0.15) is 99.2 Å². The number of hydrogen-bond donors (Lipinski definition) is 6. The van der Waals surface area contributed by atoms with Gasteiger partial charge in [0.15, 0.2) is 17.4 Å². The van der Waals surface area contributed by atoms with Crippen molar-refractivity contribution in [3.05, 3.63) is 101 Å². The highest BCUT2D eigenvalue weighted by Gasteiger charge is 2.44. The van der Waals surface area contributed by atoms with E-state index < -0.39 is 18.1 Å². The maximum absolute atomic E-state index is 14.4. The third-order valence-electron chi connectivity index (χ3n) is 15.8. The first kappa shape index (κ1) is 52.2. The number of likely N-dealkylation sites (tertiary alicyclic amines) is 1. The van der Waals surface area contributed by atoms with E-state index >= 15 is 0 Å². The molecule has 402 valence electrons.